The standard InChI is InChI=1S/C30H31N5O3/c1-5-26(36)32-25-17-21(7-6-19(25)2)27-24-16-22(30(37)38-4)18-31-29(24)33-28(27)20-8-10-23(11-9-20)35-14-12-34(3)13-15-35/h5-11,16-18H,1,12-15H2,2-4H3,(H,31,33)(H,32,36). The number of hydrogen-bond donors (Lipinski definition) is 2. The van der Waals surface area contributed by atoms with Gasteiger partial charge in [0.25, 0.3) is 0 Å². The van der Waals surface area contributed by atoms with E-state index < -0.39 is 5.97 Å². The number of fused-ring (bicyclic) bond motifs is 1. The van der Waals surface area contributed by atoms with Crippen LogP contribution in [0.4, 0.5) is 11.4 Å². The van der Waals surface area contributed by atoms with Gasteiger partial charge in [-0.2, -0.15) is 0 Å². The lowest BCUT2D eigenvalue weighted by Gasteiger charge is -2.34. The Bertz CT molecular complexity index is 1520. The average molecular weight is 510 g/mol. The summed E-state index contributed by atoms with van der Waals surface area (Å²) in [7, 11) is 3.50. The number of likely N-dealkylation sites (N-methyl/N-ethyl adjacent to an activating group) is 1. The first-order valence-corrected chi connectivity index (χ1v) is 12.6. The lowest BCUT2D eigenvalue weighted by Crippen LogP contribution is -2.44. The Morgan fingerprint density at radius 1 is 1.05 bits per heavy atom. The predicted octanol–water partition coefficient (Wildman–Crippen LogP) is 4.87. The Kier molecular flexibility index (Phi) is 6.98. The highest BCUT2D eigenvalue weighted by Crippen LogP contribution is 2.40. The minimum Gasteiger partial charge on any atom is -0.465 e. The molecule has 0 aliphatic carbocycles. The molecule has 0 bridgehead atoms. The van der Waals surface area contributed by atoms with Crippen molar-refractivity contribution in [2.24, 2.45) is 0 Å². The molecule has 8 heteroatoms. The maximum absolute atomic E-state index is 12.3. The number of hydrogen-bond acceptors (Lipinski definition) is 6. The molecule has 1 amide bonds. The van der Waals surface area contributed by atoms with Crippen LogP contribution in [-0.4, -0.2) is 67.1 Å². The number of H-pyrrole nitrogens is 1. The topological polar surface area (TPSA) is 90.6 Å². The van der Waals surface area contributed by atoms with Crippen molar-refractivity contribution in [2.75, 3.05) is 50.6 Å². The molecule has 1 saturated heterocycles. The van der Waals surface area contributed by atoms with E-state index in [-0.39, 0.29) is 5.91 Å². The largest absolute Gasteiger partial charge is 0.465 e. The molecule has 0 saturated carbocycles. The number of aromatic nitrogens is 2. The van der Waals surface area contributed by atoms with E-state index in [1.54, 1.807) is 6.07 Å². The lowest BCUT2D eigenvalue weighted by molar-refractivity contribution is -0.111. The number of carbonyl (C=O) groups excluding carboxylic acids is 2. The third kappa shape index (κ3) is 4.90. The van der Waals surface area contributed by atoms with Gasteiger partial charge < -0.3 is 24.8 Å². The molecule has 1 aliphatic heterocycles. The highest BCUT2D eigenvalue weighted by atomic mass is 16.5. The summed E-state index contributed by atoms with van der Waals surface area (Å²) in [6.45, 7) is 9.57. The Labute approximate surface area is 221 Å². The van der Waals surface area contributed by atoms with Gasteiger partial charge in [0.2, 0.25) is 5.91 Å². The fourth-order valence-corrected chi connectivity index (χ4v) is 4.82. The number of piperazine rings is 1. The predicted molar refractivity (Wildman–Crippen MR) is 152 cm³/mol. The van der Waals surface area contributed by atoms with Gasteiger partial charge in [-0.1, -0.05) is 30.8 Å². The van der Waals surface area contributed by atoms with Crippen LogP contribution in [0.2, 0.25) is 0 Å². The molecule has 2 N–H and O–H groups in total. The number of nitrogens with one attached hydrogen (secondary N) is 2. The molecular weight excluding hydrogens is 478 g/mol. The van der Waals surface area contributed by atoms with Gasteiger partial charge >= 0.3 is 5.97 Å². The van der Waals surface area contributed by atoms with Gasteiger partial charge in [-0.15, -0.1) is 0 Å². The number of carbonyl (C=O) groups is 2. The number of pyridine rings is 1. The van der Waals surface area contributed by atoms with Crippen LogP contribution in [0.5, 0.6) is 0 Å². The maximum atomic E-state index is 12.3. The van der Waals surface area contributed by atoms with Crippen molar-refractivity contribution in [1.29, 1.82) is 0 Å². The molecule has 3 heterocycles. The van der Waals surface area contributed by atoms with E-state index in [2.05, 4.69) is 63.0 Å². The van der Waals surface area contributed by atoms with E-state index >= 15 is 0 Å². The van der Waals surface area contributed by atoms with Crippen molar-refractivity contribution in [2.45, 2.75) is 6.92 Å². The molecule has 1 aliphatic rings. The Hall–Kier alpha value is -4.43. The van der Waals surface area contributed by atoms with Crippen LogP contribution < -0.4 is 10.2 Å². The van der Waals surface area contributed by atoms with Crippen molar-refractivity contribution >= 4 is 34.3 Å². The molecule has 0 spiro atoms. The Morgan fingerprint density at radius 3 is 2.45 bits per heavy atom. The summed E-state index contributed by atoms with van der Waals surface area (Å²) in [5.41, 5.74) is 7.47. The van der Waals surface area contributed by atoms with Gasteiger partial charge in [0.15, 0.2) is 0 Å². The summed E-state index contributed by atoms with van der Waals surface area (Å²) in [5, 5.41) is 3.68. The average Bonchev–Trinajstić information content (AvgIpc) is 3.33. The molecule has 8 nitrogen and oxygen atoms in total. The molecule has 0 radical (unpaired) electrons. The van der Waals surface area contributed by atoms with Crippen molar-refractivity contribution in [3.63, 3.8) is 0 Å². The van der Waals surface area contributed by atoms with Crippen LogP contribution in [0.1, 0.15) is 15.9 Å². The zero-order valence-corrected chi connectivity index (χ0v) is 21.9. The number of rotatable bonds is 6. The van der Waals surface area contributed by atoms with Gasteiger partial charge in [0.1, 0.15) is 5.65 Å². The van der Waals surface area contributed by atoms with Gasteiger partial charge in [0.05, 0.1) is 18.4 Å². The molecule has 2 aromatic heterocycles. The Morgan fingerprint density at radius 2 is 1.76 bits per heavy atom. The van der Waals surface area contributed by atoms with Crippen molar-refractivity contribution in [3.8, 4) is 22.4 Å². The third-order valence-electron chi connectivity index (χ3n) is 7.07. The number of nitrogens with zero attached hydrogens (tertiary/aromatic N) is 3. The van der Waals surface area contributed by atoms with Crippen LogP contribution in [0, 0.1) is 6.92 Å². The normalized spacial score (nSPS) is 13.9. The summed E-state index contributed by atoms with van der Waals surface area (Å²) in [4.78, 5) is 37.1. The molecule has 0 atom stereocenters. The number of ether oxygens (including phenoxy) is 1. The number of aromatic amines is 1. The number of amides is 1. The van der Waals surface area contributed by atoms with E-state index in [4.69, 9.17) is 4.74 Å². The first-order chi connectivity index (χ1) is 18.4. The van der Waals surface area contributed by atoms with E-state index in [9.17, 15) is 9.59 Å². The van der Waals surface area contributed by atoms with Gasteiger partial charge in [-0.05, 0) is 61.0 Å². The zero-order chi connectivity index (χ0) is 26.8. The number of benzene rings is 2. The van der Waals surface area contributed by atoms with Crippen LogP contribution in [0.3, 0.4) is 0 Å². The first-order valence-electron chi connectivity index (χ1n) is 12.6. The highest BCUT2D eigenvalue weighted by molar-refractivity contribution is 6.06. The van der Waals surface area contributed by atoms with Crippen molar-refractivity contribution in [1.82, 2.24) is 14.9 Å². The second-order valence-electron chi connectivity index (χ2n) is 9.55. The third-order valence-corrected chi connectivity index (χ3v) is 7.07. The molecule has 2 aromatic carbocycles. The van der Waals surface area contributed by atoms with E-state index in [0.29, 0.717) is 16.9 Å². The van der Waals surface area contributed by atoms with Gasteiger partial charge in [0, 0.05) is 54.7 Å². The Balaban J connectivity index is 1.63. The van der Waals surface area contributed by atoms with E-state index in [1.807, 2.05) is 25.1 Å². The van der Waals surface area contributed by atoms with Crippen molar-refractivity contribution < 1.29 is 14.3 Å². The number of aryl methyl sites for hydroxylation is 1. The fourth-order valence-electron chi connectivity index (χ4n) is 4.82. The van der Waals surface area contributed by atoms with E-state index in [0.717, 1.165) is 59.5 Å². The van der Waals surface area contributed by atoms with Crippen LogP contribution in [0.15, 0.2) is 67.4 Å². The number of methoxy groups -OCH3 is 1. The zero-order valence-electron chi connectivity index (χ0n) is 21.9. The molecule has 1 fully saturated rings. The van der Waals surface area contributed by atoms with Gasteiger partial charge in [-0.3, -0.25) is 4.79 Å². The SMILES string of the molecule is C=CC(=O)Nc1cc(-c2c(-c3ccc(N4CCN(C)CC4)cc3)[nH]c3ncc(C(=O)OC)cc23)ccc1C. The molecular formula is C30H31N5O3. The quantitative estimate of drug-likeness (QED) is 0.285. The summed E-state index contributed by atoms with van der Waals surface area (Å²) >= 11 is 0. The minimum atomic E-state index is -0.451. The minimum absolute atomic E-state index is 0.279. The smallest absolute Gasteiger partial charge is 0.339 e. The molecule has 4 aromatic rings. The van der Waals surface area contributed by atoms with Crippen LogP contribution in [0.25, 0.3) is 33.4 Å². The summed E-state index contributed by atoms with van der Waals surface area (Å²) in [6, 6.07) is 16.2. The lowest BCUT2D eigenvalue weighted by atomic mass is 9.96. The summed E-state index contributed by atoms with van der Waals surface area (Å²) < 4.78 is 4.94. The highest BCUT2D eigenvalue weighted by Gasteiger charge is 2.20. The summed E-state index contributed by atoms with van der Waals surface area (Å²) in [5.74, 6) is -0.731. The van der Waals surface area contributed by atoms with Gasteiger partial charge in [-0.25, -0.2) is 9.78 Å². The van der Waals surface area contributed by atoms with Crippen molar-refractivity contribution in [3.05, 3.63) is 78.5 Å². The maximum Gasteiger partial charge on any atom is 0.339 e. The molecule has 0 unspecified atom stereocenters. The molecule has 194 valence electrons. The fraction of sp³-hybridized carbons (Fsp3) is 0.233. The second-order valence-corrected chi connectivity index (χ2v) is 9.55. The molecule has 5 rings (SSSR count). The number of anilines is 2. The van der Waals surface area contributed by atoms with E-state index in [1.165, 1.54) is 25.1 Å². The molecule has 38 heavy (non-hydrogen) atoms. The summed E-state index contributed by atoms with van der Waals surface area (Å²) in [6.07, 6.45) is 2.76. The van der Waals surface area contributed by atoms with Crippen LogP contribution in [-0.2, 0) is 9.53 Å². The monoisotopic (exact) mass is 509 g/mol. The van der Waals surface area contributed by atoms with Crippen LogP contribution >= 0.6 is 0 Å². The first kappa shape index (κ1) is 25.2. The number of esters is 1. The second kappa shape index (κ2) is 10.5.